The topological polar surface area (TPSA) is 79.0 Å². The molecule has 1 aromatic rings. The van der Waals surface area contributed by atoms with Crippen molar-refractivity contribution in [1.29, 1.82) is 0 Å². The molecule has 3 aliphatic rings. The van der Waals surface area contributed by atoms with Gasteiger partial charge in [-0.05, 0) is 80.0 Å². The number of ether oxygens (including phenoxy) is 1. The number of halogens is 1. The van der Waals surface area contributed by atoms with Crippen molar-refractivity contribution < 1.29 is 23.5 Å². The van der Waals surface area contributed by atoms with Gasteiger partial charge in [0.05, 0.1) is 0 Å². The van der Waals surface area contributed by atoms with Crippen LogP contribution in [-0.2, 0) is 14.4 Å². The van der Waals surface area contributed by atoms with Crippen LogP contribution in [0.4, 0.5) is 4.39 Å². The van der Waals surface area contributed by atoms with Gasteiger partial charge in [0.25, 0.3) is 5.91 Å². The van der Waals surface area contributed by atoms with Crippen molar-refractivity contribution in [1.82, 2.24) is 15.1 Å². The molecule has 8 heteroatoms. The van der Waals surface area contributed by atoms with Crippen molar-refractivity contribution in [3.8, 4) is 5.75 Å². The Morgan fingerprint density at radius 3 is 2.59 bits per heavy atom. The van der Waals surface area contributed by atoms with E-state index in [0.717, 1.165) is 32.1 Å². The molecule has 204 valence electrons. The van der Waals surface area contributed by atoms with E-state index in [2.05, 4.69) is 31.0 Å². The number of nitrogens with one attached hydrogen (secondary N) is 1. The zero-order chi connectivity index (χ0) is 26.5. The summed E-state index contributed by atoms with van der Waals surface area (Å²) in [5, 5.41) is 3.23. The van der Waals surface area contributed by atoms with Gasteiger partial charge in [-0.3, -0.25) is 14.4 Å². The second-order valence-electron chi connectivity index (χ2n) is 11.7. The van der Waals surface area contributed by atoms with Crippen LogP contribution in [-0.4, -0.2) is 65.8 Å². The van der Waals surface area contributed by atoms with Crippen molar-refractivity contribution in [3.63, 3.8) is 0 Å². The lowest BCUT2D eigenvalue weighted by Crippen LogP contribution is -2.60. The van der Waals surface area contributed by atoms with Crippen molar-refractivity contribution in [2.75, 3.05) is 26.2 Å². The Balaban J connectivity index is 1.42. The maximum absolute atomic E-state index is 13.5. The van der Waals surface area contributed by atoms with Crippen molar-refractivity contribution in [3.05, 3.63) is 30.1 Å². The van der Waals surface area contributed by atoms with Gasteiger partial charge in [0.15, 0.2) is 6.61 Å². The van der Waals surface area contributed by atoms with Crippen LogP contribution in [0.1, 0.15) is 65.7 Å². The van der Waals surface area contributed by atoms with Crippen LogP contribution < -0.4 is 10.1 Å². The van der Waals surface area contributed by atoms with Crippen LogP contribution in [0.2, 0.25) is 0 Å². The number of fused-ring (bicyclic) bond motifs is 4. The third-order valence-corrected chi connectivity index (χ3v) is 8.37. The molecule has 37 heavy (non-hydrogen) atoms. The third-order valence-electron chi connectivity index (χ3n) is 8.37. The number of hydrogen-bond acceptors (Lipinski definition) is 4. The van der Waals surface area contributed by atoms with Crippen LogP contribution in [0.15, 0.2) is 24.3 Å². The summed E-state index contributed by atoms with van der Waals surface area (Å²) in [6.45, 7) is 8.19. The molecule has 1 N–H and O–H groups in total. The first-order chi connectivity index (χ1) is 17.7. The molecule has 3 fully saturated rings. The number of likely N-dealkylation sites (tertiary alicyclic amines) is 1. The number of piperidine rings is 2. The van der Waals surface area contributed by atoms with E-state index in [-0.39, 0.29) is 60.0 Å². The monoisotopic (exact) mass is 515 g/mol. The van der Waals surface area contributed by atoms with E-state index >= 15 is 0 Å². The van der Waals surface area contributed by atoms with Crippen molar-refractivity contribution in [2.24, 2.45) is 23.7 Å². The predicted octanol–water partition coefficient (Wildman–Crippen LogP) is 4.01. The first kappa shape index (κ1) is 27.4. The van der Waals surface area contributed by atoms with Gasteiger partial charge in [-0.2, -0.15) is 0 Å². The number of nitrogens with zero attached hydrogens (tertiary/aromatic N) is 2. The Hall–Kier alpha value is -2.64. The molecule has 3 aliphatic heterocycles. The lowest BCUT2D eigenvalue weighted by Gasteiger charge is -2.51. The zero-order valence-electron chi connectivity index (χ0n) is 22.5. The maximum atomic E-state index is 13.5. The second-order valence-corrected chi connectivity index (χ2v) is 11.7. The highest BCUT2D eigenvalue weighted by Gasteiger charge is 2.43. The molecule has 2 bridgehead atoms. The summed E-state index contributed by atoms with van der Waals surface area (Å²) in [6, 6.07) is 5.84. The Morgan fingerprint density at radius 2 is 1.86 bits per heavy atom. The van der Waals surface area contributed by atoms with E-state index < -0.39 is 0 Å². The fraction of sp³-hybridized carbons (Fsp3) is 0.690. The Kier molecular flexibility index (Phi) is 9.08. The fourth-order valence-electron chi connectivity index (χ4n) is 6.28. The van der Waals surface area contributed by atoms with Crippen LogP contribution in [0.25, 0.3) is 0 Å². The van der Waals surface area contributed by atoms with Crippen LogP contribution in [0.3, 0.4) is 0 Å². The number of hydrogen-bond donors (Lipinski definition) is 1. The fourth-order valence-corrected chi connectivity index (χ4v) is 6.28. The minimum atomic E-state index is -0.346. The average Bonchev–Trinajstić information content (AvgIpc) is 2.87. The molecule has 0 saturated carbocycles. The highest BCUT2D eigenvalue weighted by Crippen LogP contribution is 2.36. The van der Waals surface area contributed by atoms with Gasteiger partial charge < -0.3 is 19.9 Å². The summed E-state index contributed by atoms with van der Waals surface area (Å²) >= 11 is 0. The highest BCUT2D eigenvalue weighted by atomic mass is 19.1. The molecular weight excluding hydrogens is 473 g/mol. The number of amides is 3. The molecular formula is C29H42FN3O4. The Morgan fingerprint density at radius 1 is 1.11 bits per heavy atom. The van der Waals surface area contributed by atoms with Crippen molar-refractivity contribution >= 4 is 17.7 Å². The number of carbonyl (C=O) groups is 3. The largest absolute Gasteiger partial charge is 0.484 e. The number of rotatable bonds is 4. The molecule has 5 atom stereocenters. The van der Waals surface area contributed by atoms with E-state index in [1.807, 2.05) is 4.90 Å². The van der Waals surface area contributed by atoms with Crippen molar-refractivity contribution in [2.45, 2.75) is 77.8 Å². The average molecular weight is 516 g/mol. The van der Waals surface area contributed by atoms with Gasteiger partial charge in [0.2, 0.25) is 11.8 Å². The molecule has 0 radical (unpaired) electrons. The SMILES string of the molecule is CC(C)[C@@H]1CC[C@@H](C)CC(=O)N2C[C@H]3C[C@@H](CN(C(=O)COc4ccc(F)cc4)C3)[C@@H]2CCCC(=O)N1. The summed E-state index contributed by atoms with van der Waals surface area (Å²) in [4.78, 5) is 43.1. The Labute approximate surface area is 220 Å². The van der Waals surface area contributed by atoms with E-state index in [1.54, 1.807) is 0 Å². The molecule has 3 heterocycles. The van der Waals surface area contributed by atoms with Gasteiger partial charge in [-0.15, -0.1) is 0 Å². The standard InChI is InChI=1S/C29H42FN3O4/c1-19(2)25-12-7-20(3)13-28(35)33-16-21-14-22(26(33)5-4-6-27(34)31-25)17-32(15-21)29(36)18-37-24-10-8-23(30)9-11-24/h8-11,19-22,25-26H,4-7,12-18H2,1-3H3,(H,31,34)/t20-,21+,22+,25+,26+/m1/s1. The van der Waals surface area contributed by atoms with Gasteiger partial charge >= 0.3 is 0 Å². The lowest BCUT2D eigenvalue weighted by molar-refractivity contribution is -0.147. The molecule has 0 unspecified atom stereocenters. The molecule has 0 aromatic heterocycles. The molecule has 4 rings (SSSR count). The van der Waals surface area contributed by atoms with E-state index in [0.29, 0.717) is 44.1 Å². The summed E-state index contributed by atoms with van der Waals surface area (Å²) < 4.78 is 18.8. The van der Waals surface area contributed by atoms with E-state index in [1.165, 1.54) is 24.3 Å². The predicted molar refractivity (Wildman–Crippen MR) is 139 cm³/mol. The second kappa shape index (κ2) is 12.3. The smallest absolute Gasteiger partial charge is 0.260 e. The van der Waals surface area contributed by atoms with Crippen LogP contribution >= 0.6 is 0 Å². The molecule has 7 nitrogen and oxygen atoms in total. The first-order valence-corrected chi connectivity index (χ1v) is 13.9. The lowest BCUT2D eigenvalue weighted by atomic mass is 9.77. The van der Waals surface area contributed by atoms with E-state index in [9.17, 15) is 18.8 Å². The minimum Gasteiger partial charge on any atom is -0.484 e. The van der Waals surface area contributed by atoms with Gasteiger partial charge in [-0.1, -0.05) is 20.8 Å². The van der Waals surface area contributed by atoms with E-state index in [4.69, 9.17) is 4.74 Å². The summed E-state index contributed by atoms with van der Waals surface area (Å²) in [7, 11) is 0. The van der Waals surface area contributed by atoms with Gasteiger partial charge in [0, 0.05) is 44.6 Å². The first-order valence-electron chi connectivity index (χ1n) is 13.9. The normalized spacial score (nSPS) is 29.5. The molecule has 1 aromatic carbocycles. The molecule has 0 spiro atoms. The quantitative estimate of drug-likeness (QED) is 0.657. The molecule has 0 aliphatic carbocycles. The molecule has 3 saturated heterocycles. The Bertz CT molecular complexity index is 953. The summed E-state index contributed by atoms with van der Waals surface area (Å²) in [5.41, 5.74) is 0. The molecule has 3 amide bonds. The number of benzene rings is 1. The van der Waals surface area contributed by atoms with Crippen LogP contribution in [0, 0.1) is 29.5 Å². The maximum Gasteiger partial charge on any atom is 0.260 e. The zero-order valence-corrected chi connectivity index (χ0v) is 22.5. The summed E-state index contributed by atoms with van der Waals surface area (Å²) in [6.07, 6.45) is 5.29. The number of carbonyl (C=O) groups excluding carboxylic acids is 3. The highest BCUT2D eigenvalue weighted by molar-refractivity contribution is 5.79. The van der Waals surface area contributed by atoms with Crippen LogP contribution in [0.5, 0.6) is 5.75 Å². The third kappa shape index (κ3) is 7.23. The van der Waals surface area contributed by atoms with Gasteiger partial charge in [0.1, 0.15) is 11.6 Å². The summed E-state index contributed by atoms with van der Waals surface area (Å²) in [5.74, 6) is 1.39. The van der Waals surface area contributed by atoms with Gasteiger partial charge in [-0.25, -0.2) is 4.39 Å². The minimum absolute atomic E-state index is 0.0408.